The van der Waals surface area contributed by atoms with Crippen LogP contribution in [0.3, 0.4) is 0 Å². The van der Waals surface area contributed by atoms with Crippen LogP contribution in [-0.2, 0) is 20.7 Å². The Morgan fingerprint density at radius 2 is 1.47 bits per heavy atom. The number of benzene rings is 1. The van der Waals surface area contributed by atoms with Crippen molar-refractivity contribution in [3.05, 3.63) is 35.4 Å². The monoisotopic (exact) mass is 235 g/mol. The van der Waals surface area contributed by atoms with E-state index in [1.807, 2.05) is 5.06 Å². The Kier molecular flexibility index (Phi) is 3.02. The molecule has 0 saturated heterocycles. The maximum Gasteiger partial charge on any atom is 0.166 e. The zero-order valence-electron chi connectivity index (χ0n) is 11.3. The van der Waals surface area contributed by atoms with E-state index in [1.165, 1.54) is 11.1 Å². The third kappa shape index (κ3) is 1.79. The summed E-state index contributed by atoms with van der Waals surface area (Å²) in [7, 11) is 1.64. The number of nitrogens with zero attached hydrogens (tertiary/aromatic N) is 1. The molecule has 17 heavy (non-hydrogen) atoms. The number of rotatable bonds is 3. The van der Waals surface area contributed by atoms with Crippen LogP contribution in [0.5, 0.6) is 0 Å². The summed E-state index contributed by atoms with van der Waals surface area (Å²) < 4.78 is 5.03. The first-order valence-corrected chi connectivity index (χ1v) is 5.94. The van der Waals surface area contributed by atoms with Crippen LogP contribution >= 0.6 is 0 Å². The first kappa shape index (κ1) is 12.6. The first-order valence-electron chi connectivity index (χ1n) is 5.94. The molecule has 94 valence electrons. The van der Waals surface area contributed by atoms with Crippen molar-refractivity contribution in [2.75, 3.05) is 13.9 Å². The molecular weight excluding hydrogens is 214 g/mol. The fourth-order valence-electron chi connectivity index (χ4n) is 2.90. The van der Waals surface area contributed by atoms with Gasteiger partial charge in [0.1, 0.15) is 0 Å². The molecule has 2 rings (SSSR count). The van der Waals surface area contributed by atoms with Crippen LogP contribution < -0.4 is 0 Å². The van der Waals surface area contributed by atoms with Crippen LogP contribution in [0.2, 0.25) is 0 Å². The Labute approximate surface area is 103 Å². The summed E-state index contributed by atoms with van der Waals surface area (Å²) >= 11 is 0. The van der Waals surface area contributed by atoms with Crippen LogP contribution in [0, 0.1) is 0 Å². The molecule has 0 spiro atoms. The van der Waals surface area contributed by atoms with Crippen molar-refractivity contribution in [1.82, 2.24) is 5.06 Å². The lowest BCUT2D eigenvalue weighted by Gasteiger charge is -2.39. The molecule has 0 fully saturated rings. The summed E-state index contributed by atoms with van der Waals surface area (Å²) in [6.07, 6.45) is 0. The molecule has 3 nitrogen and oxygen atoms in total. The van der Waals surface area contributed by atoms with Gasteiger partial charge in [-0.1, -0.05) is 24.3 Å². The molecule has 1 aromatic carbocycles. The molecule has 1 heterocycles. The highest BCUT2D eigenvalue weighted by atomic mass is 16.8. The SMILES string of the molecule is COCON1C(C)(C)c2ccccc2C1(C)C. The van der Waals surface area contributed by atoms with Gasteiger partial charge in [0, 0.05) is 7.11 Å². The summed E-state index contributed by atoms with van der Waals surface area (Å²) in [5.41, 5.74) is 2.36. The Bertz CT molecular complexity index is 377. The lowest BCUT2D eigenvalue weighted by molar-refractivity contribution is -0.297. The Morgan fingerprint density at radius 3 is 1.88 bits per heavy atom. The van der Waals surface area contributed by atoms with Crippen molar-refractivity contribution in [1.29, 1.82) is 0 Å². The van der Waals surface area contributed by atoms with E-state index in [2.05, 4.69) is 52.0 Å². The van der Waals surface area contributed by atoms with Gasteiger partial charge >= 0.3 is 0 Å². The van der Waals surface area contributed by atoms with Crippen LogP contribution in [0.25, 0.3) is 0 Å². The number of hydrogen-bond donors (Lipinski definition) is 0. The number of methoxy groups -OCH3 is 1. The van der Waals surface area contributed by atoms with E-state index in [1.54, 1.807) is 7.11 Å². The topological polar surface area (TPSA) is 21.7 Å². The Morgan fingerprint density at radius 1 is 1.00 bits per heavy atom. The van der Waals surface area contributed by atoms with Crippen LogP contribution in [0.4, 0.5) is 0 Å². The van der Waals surface area contributed by atoms with E-state index in [0.717, 1.165) is 0 Å². The minimum atomic E-state index is -0.140. The highest BCUT2D eigenvalue weighted by Gasteiger charge is 2.50. The molecule has 0 N–H and O–H groups in total. The van der Waals surface area contributed by atoms with Crippen molar-refractivity contribution in [2.45, 2.75) is 38.8 Å². The van der Waals surface area contributed by atoms with E-state index >= 15 is 0 Å². The van der Waals surface area contributed by atoms with Gasteiger partial charge in [0.05, 0.1) is 11.1 Å². The van der Waals surface area contributed by atoms with Crippen LogP contribution in [0.15, 0.2) is 24.3 Å². The summed E-state index contributed by atoms with van der Waals surface area (Å²) in [4.78, 5) is 5.78. The van der Waals surface area contributed by atoms with Gasteiger partial charge in [-0.3, -0.25) is 4.84 Å². The summed E-state index contributed by atoms with van der Waals surface area (Å²) in [5, 5.41) is 2.04. The molecule has 3 heteroatoms. The van der Waals surface area contributed by atoms with E-state index in [4.69, 9.17) is 9.57 Å². The van der Waals surface area contributed by atoms with E-state index in [0.29, 0.717) is 0 Å². The Balaban J connectivity index is 2.45. The molecule has 0 amide bonds. The van der Waals surface area contributed by atoms with Crippen molar-refractivity contribution in [2.24, 2.45) is 0 Å². The molecule has 1 aliphatic rings. The second kappa shape index (κ2) is 4.09. The van der Waals surface area contributed by atoms with Crippen molar-refractivity contribution in [3.8, 4) is 0 Å². The third-order valence-corrected chi connectivity index (χ3v) is 3.56. The standard InChI is InChI=1S/C14H21NO2/c1-13(2)11-8-6-7-9-12(11)14(3,4)15(13)17-10-16-5/h6-9H,10H2,1-5H3. The molecule has 1 aliphatic heterocycles. The maximum atomic E-state index is 5.78. The molecule has 0 aromatic heterocycles. The summed E-state index contributed by atoms with van der Waals surface area (Å²) in [6.45, 7) is 8.99. The lowest BCUT2D eigenvalue weighted by Crippen LogP contribution is -2.45. The van der Waals surface area contributed by atoms with Gasteiger partial charge in [-0.2, -0.15) is 5.06 Å². The van der Waals surface area contributed by atoms with Crippen LogP contribution in [-0.4, -0.2) is 19.0 Å². The smallest absolute Gasteiger partial charge is 0.166 e. The van der Waals surface area contributed by atoms with E-state index < -0.39 is 0 Å². The molecule has 0 atom stereocenters. The normalized spacial score (nSPS) is 21.5. The predicted octanol–water partition coefficient (Wildman–Crippen LogP) is 3.01. The molecule has 0 unspecified atom stereocenters. The maximum absolute atomic E-state index is 5.78. The summed E-state index contributed by atoms with van der Waals surface area (Å²) in [6, 6.07) is 8.51. The second-order valence-corrected chi connectivity index (χ2v) is 5.49. The average Bonchev–Trinajstić information content (AvgIpc) is 2.43. The zero-order valence-corrected chi connectivity index (χ0v) is 11.3. The molecule has 0 saturated carbocycles. The van der Waals surface area contributed by atoms with Gasteiger partial charge < -0.3 is 4.74 Å². The summed E-state index contributed by atoms with van der Waals surface area (Å²) in [5.74, 6) is 0. The van der Waals surface area contributed by atoms with Gasteiger partial charge in [0.15, 0.2) is 6.79 Å². The molecular formula is C14H21NO2. The molecule has 0 aliphatic carbocycles. The fraction of sp³-hybridized carbons (Fsp3) is 0.571. The third-order valence-electron chi connectivity index (χ3n) is 3.56. The minimum Gasteiger partial charge on any atom is -0.357 e. The van der Waals surface area contributed by atoms with Gasteiger partial charge in [-0.15, -0.1) is 0 Å². The fourth-order valence-corrected chi connectivity index (χ4v) is 2.90. The quantitative estimate of drug-likeness (QED) is 0.752. The zero-order chi connectivity index (χ0) is 12.7. The van der Waals surface area contributed by atoms with Crippen LogP contribution in [0.1, 0.15) is 38.8 Å². The van der Waals surface area contributed by atoms with Gasteiger partial charge in [0.25, 0.3) is 0 Å². The van der Waals surface area contributed by atoms with Gasteiger partial charge in [0.2, 0.25) is 0 Å². The van der Waals surface area contributed by atoms with Crippen molar-refractivity contribution in [3.63, 3.8) is 0 Å². The number of hydroxylamine groups is 2. The molecule has 1 aromatic rings. The molecule has 0 bridgehead atoms. The number of hydrogen-bond acceptors (Lipinski definition) is 3. The van der Waals surface area contributed by atoms with Crippen molar-refractivity contribution >= 4 is 0 Å². The highest BCUT2D eigenvalue weighted by Crippen LogP contribution is 2.49. The first-order chi connectivity index (χ1) is 7.92. The minimum absolute atomic E-state index is 0.140. The van der Waals surface area contributed by atoms with Gasteiger partial charge in [-0.25, -0.2) is 0 Å². The van der Waals surface area contributed by atoms with Gasteiger partial charge in [-0.05, 0) is 38.8 Å². The average molecular weight is 235 g/mol. The number of fused-ring (bicyclic) bond motifs is 1. The Hall–Kier alpha value is -0.900. The van der Waals surface area contributed by atoms with Crippen molar-refractivity contribution < 1.29 is 9.57 Å². The number of ether oxygens (including phenoxy) is 1. The lowest BCUT2D eigenvalue weighted by atomic mass is 9.91. The molecule has 0 radical (unpaired) electrons. The highest BCUT2D eigenvalue weighted by molar-refractivity contribution is 5.42. The predicted molar refractivity (Wildman–Crippen MR) is 67.3 cm³/mol. The van der Waals surface area contributed by atoms with E-state index in [9.17, 15) is 0 Å². The second-order valence-electron chi connectivity index (χ2n) is 5.49. The largest absolute Gasteiger partial charge is 0.357 e. The van der Waals surface area contributed by atoms with E-state index in [-0.39, 0.29) is 17.9 Å².